The highest BCUT2D eigenvalue weighted by Crippen LogP contribution is 2.69. The molecule has 0 radical (unpaired) electrons. The van der Waals surface area contributed by atoms with Gasteiger partial charge in [-0.05, 0) is 118 Å². The first-order valence-corrected chi connectivity index (χ1v) is 14.4. The van der Waals surface area contributed by atoms with Gasteiger partial charge in [0.2, 0.25) is 5.91 Å². The molecule has 1 saturated heterocycles. The summed E-state index contributed by atoms with van der Waals surface area (Å²) in [7, 11) is 0. The van der Waals surface area contributed by atoms with Crippen LogP contribution in [0.15, 0.2) is 0 Å². The smallest absolute Gasteiger partial charge is 0.289 e. The van der Waals surface area contributed by atoms with Gasteiger partial charge in [0.05, 0.1) is 17.9 Å². The van der Waals surface area contributed by atoms with Crippen molar-refractivity contribution < 1.29 is 19.5 Å². The van der Waals surface area contributed by atoms with Gasteiger partial charge in [-0.25, -0.2) is 0 Å². The number of nitrogens with zero attached hydrogens (tertiary/aromatic N) is 1. The number of rotatable bonds is 4. The minimum atomic E-state index is -0.485. The van der Waals surface area contributed by atoms with Crippen LogP contribution >= 0.6 is 11.8 Å². The lowest BCUT2D eigenvalue weighted by atomic mass is 9.48. The summed E-state index contributed by atoms with van der Waals surface area (Å²) in [6, 6.07) is 0. The van der Waals surface area contributed by atoms with Crippen molar-refractivity contribution in [2.75, 3.05) is 12.3 Å². The van der Waals surface area contributed by atoms with E-state index in [0.29, 0.717) is 23.7 Å². The van der Waals surface area contributed by atoms with Gasteiger partial charge in [0.25, 0.3) is 5.24 Å². The average Bonchev–Trinajstić information content (AvgIpc) is 3.49. The van der Waals surface area contributed by atoms with Crippen LogP contribution in [-0.4, -0.2) is 44.8 Å². The molecule has 0 aromatic heterocycles. The Labute approximate surface area is 201 Å². The van der Waals surface area contributed by atoms with Crippen molar-refractivity contribution in [3.63, 3.8) is 0 Å². The summed E-state index contributed by atoms with van der Waals surface area (Å²) in [5, 5.41) is 10.4. The Hall–Kier alpha value is -0.880. The van der Waals surface area contributed by atoms with Gasteiger partial charge in [0.15, 0.2) is 5.78 Å². The first-order valence-electron chi connectivity index (χ1n) is 13.4. The molecule has 0 unspecified atom stereocenters. The van der Waals surface area contributed by atoms with Crippen molar-refractivity contribution in [3.8, 4) is 0 Å². The van der Waals surface area contributed by atoms with E-state index in [9.17, 15) is 19.5 Å². The maximum atomic E-state index is 13.6. The molecule has 6 rings (SSSR count). The molecular weight excluding hydrogens is 434 g/mol. The van der Waals surface area contributed by atoms with Crippen LogP contribution in [0, 0.1) is 52.8 Å². The van der Waals surface area contributed by atoms with Crippen molar-refractivity contribution in [1.29, 1.82) is 0 Å². The van der Waals surface area contributed by atoms with Crippen LogP contribution in [-0.2, 0) is 9.59 Å². The number of imide groups is 1. The van der Waals surface area contributed by atoms with E-state index in [4.69, 9.17) is 0 Å². The fourth-order valence-corrected chi connectivity index (χ4v) is 10.3. The van der Waals surface area contributed by atoms with E-state index in [1.54, 1.807) is 0 Å². The molecular formula is C27H39NO4S. The number of fused-ring (bicyclic) bond motifs is 5. The zero-order valence-electron chi connectivity index (χ0n) is 20.1. The van der Waals surface area contributed by atoms with Gasteiger partial charge < -0.3 is 5.11 Å². The normalized spacial score (nSPS) is 49.5. The molecule has 5 nitrogen and oxygen atoms in total. The molecule has 5 saturated carbocycles. The Morgan fingerprint density at radius 1 is 0.970 bits per heavy atom. The molecule has 33 heavy (non-hydrogen) atoms. The number of aliphatic hydroxyl groups is 1. The Bertz CT molecular complexity index is 852. The predicted octanol–water partition coefficient (Wildman–Crippen LogP) is 4.91. The molecule has 0 aromatic carbocycles. The standard InChI is InChI=1S/C27H39NO4S/c1-26(32)9-7-17-16(12-26)5-6-19-18(17)8-10-27(2)21(11-20(24(19)27)15-3-4-15)22(29)13-28-23(30)14-33-25(28)31/h15-21,24,32H,3-14H2,1-2H3/t16-,17+,18-,19-,20+,21-,24-,26-,27-/m1/s1. The molecule has 0 spiro atoms. The largest absolute Gasteiger partial charge is 0.390 e. The minimum Gasteiger partial charge on any atom is -0.390 e. The highest BCUT2D eigenvalue weighted by molar-refractivity contribution is 8.14. The lowest BCUT2D eigenvalue weighted by Crippen LogP contribution is -2.52. The van der Waals surface area contributed by atoms with Gasteiger partial charge in [0, 0.05) is 5.92 Å². The average molecular weight is 474 g/mol. The van der Waals surface area contributed by atoms with Crippen LogP contribution in [0.25, 0.3) is 0 Å². The molecule has 6 fully saturated rings. The molecule has 9 atom stereocenters. The zero-order chi connectivity index (χ0) is 23.1. The summed E-state index contributed by atoms with van der Waals surface area (Å²) < 4.78 is 0. The Balaban J connectivity index is 1.25. The van der Waals surface area contributed by atoms with Crippen LogP contribution < -0.4 is 0 Å². The molecule has 1 heterocycles. The highest BCUT2D eigenvalue weighted by Gasteiger charge is 2.64. The third-order valence-electron chi connectivity index (χ3n) is 11.1. The Morgan fingerprint density at radius 3 is 2.39 bits per heavy atom. The number of hydrogen-bond donors (Lipinski definition) is 1. The van der Waals surface area contributed by atoms with Crippen molar-refractivity contribution in [1.82, 2.24) is 4.90 Å². The second-order valence-electron chi connectivity index (χ2n) is 12.9. The number of hydrogen-bond acceptors (Lipinski definition) is 5. The fraction of sp³-hybridized carbons (Fsp3) is 0.889. The maximum absolute atomic E-state index is 13.6. The molecule has 1 aliphatic heterocycles. The van der Waals surface area contributed by atoms with Crippen molar-refractivity contribution in [3.05, 3.63) is 0 Å². The van der Waals surface area contributed by atoms with Crippen LogP contribution in [0.3, 0.4) is 0 Å². The van der Waals surface area contributed by atoms with E-state index in [2.05, 4.69) is 6.92 Å². The number of Topliss-reactive ketones (excluding diaryl/α,β-unsaturated/α-hetero) is 1. The third-order valence-corrected chi connectivity index (χ3v) is 11.9. The molecule has 0 aromatic rings. The van der Waals surface area contributed by atoms with E-state index < -0.39 is 5.60 Å². The van der Waals surface area contributed by atoms with Crippen molar-refractivity contribution in [2.24, 2.45) is 52.8 Å². The summed E-state index contributed by atoms with van der Waals surface area (Å²) >= 11 is 1.03. The van der Waals surface area contributed by atoms with E-state index in [0.717, 1.165) is 61.6 Å². The first-order chi connectivity index (χ1) is 15.7. The number of amides is 2. The molecule has 5 aliphatic carbocycles. The van der Waals surface area contributed by atoms with Crippen molar-refractivity contribution in [2.45, 2.75) is 83.7 Å². The third kappa shape index (κ3) is 3.64. The lowest BCUT2D eigenvalue weighted by molar-refractivity contribution is -0.137. The molecule has 0 bridgehead atoms. The number of thioether (sulfide) groups is 1. The Kier molecular flexibility index (Phi) is 5.34. The van der Waals surface area contributed by atoms with E-state index in [1.807, 2.05) is 6.92 Å². The van der Waals surface area contributed by atoms with E-state index >= 15 is 0 Å². The minimum absolute atomic E-state index is 0.00920. The molecule has 6 heteroatoms. The quantitative estimate of drug-likeness (QED) is 0.628. The topological polar surface area (TPSA) is 74.7 Å². The summed E-state index contributed by atoms with van der Waals surface area (Å²) in [5.74, 6) is 5.02. The number of carbonyl (C=O) groups excluding carboxylic acids is 3. The second kappa shape index (κ2) is 7.81. The molecule has 1 N–H and O–H groups in total. The van der Waals surface area contributed by atoms with Crippen LogP contribution in [0.2, 0.25) is 0 Å². The second-order valence-corrected chi connectivity index (χ2v) is 13.9. The van der Waals surface area contributed by atoms with E-state index in [1.165, 1.54) is 37.0 Å². The number of carbonyl (C=O) groups is 3. The Morgan fingerprint density at radius 2 is 1.70 bits per heavy atom. The zero-order valence-corrected chi connectivity index (χ0v) is 20.9. The monoisotopic (exact) mass is 473 g/mol. The SMILES string of the molecule is C[C@@]1(O)CC[C@H]2[C@H](CC[C@@H]3[C@@H]2CC[C@@]2(C)[C@H]3[C@H](C3CC3)C[C@@H]2C(=O)CN2C(=O)CSC2=O)C1. The highest BCUT2D eigenvalue weighted by atomic mass is 32.2. The van der Waals surface area contributed by atoms with Crippen LogP contribution in [0.4, 0.5) is 4.79 Å². The van der Waals surface area contributed by atoms with Gasteiger partial charge in [-0.3, -0.25) is 19.3 Å². The number of ketones is 1. The summed E-state index contributed by atoms with van der Waals surface area (Å²) in [4.78, 5) is 39.1. The summed E-state index contributed by atoms with van der Waals surface area (Å²) in [6.45, 7) is 4.40. The summed E-state index contributed by atoms with van der Waals surface area (Å²) in [5.41, 5.74) is -0.473. The van der Waals surface area contributed by atoms with Gasteiger partial charge in [0.1, 0.15) is 0 Å². The van der Waals surface area contributed by atoms with Crippen LogP contribution in [0.5, 0.6) is 0 Å². The van der Waals surface area contributed by atoms with Crippen LogP contribution in [0.1, 0.15) is 78.1 Å². The fourth-order valence-electron chi connectivity index (χ4n) is 9.57. The van der Waals surface area contributed by atoms with Crippen molar-refractivity contribution >= 4 is 28.7 Å². The van der Waals surface area contributed by atoms with Gasteiger partial charge in [-0.1, -0.05) is 18.7 Å². The van der Waals surface area contributed by atoms with E-state index in [-0.39, 0.29) is 40.6 Å². The maximum Gasteiger partial charge on any atom is 0.289 e. The molecule has 6 aliphatic rings. The molecule has 2 amide bonds. The molecule has 182 valence electrons. The van der Waals surface area contributed by atoms with Gasteiger partial charge in [-0.2, -0.15) is 0 Å². The van der Waals surface area contributed by atoms with Gasteiger partial charge in [-0.15, -0.1) is 0 Å². The summed E-state index contributed by atoms with van der Waals surface area (Å²) in [6.07, 6.45) is 11.5. The predicted molar refractivity (Wildman–Crippen MR) is 127 cm³/mol. The van der Waals surface area contributed by atoms with Gasteiger partial charge >= 0.3 is 0 Å². The first kappa shape index (κ1) is 22.6. The lowest BCUT2D eigenvalue weighted by Gasteiger charge is -2.57.